The fraction of sp³-hybridized carbons (Fsp3) is 0.125. The van der Waals surface area contributed by atoms with Gasteiger partial charge in [-0.2, -0.15) is 0 Å². The van der Waals surface area contributed by atoms with Gasteiger partial charge in [-0.05, 0) is 36.4 Å². The summed E-state index contributed by atoms with van der Waals surface area (Å²) in [4.78, 5) is 23.4. The standard InChI is InChI=1S/C16H13F2NO4/c1-22-14-4-2-10(3-5-14)16(21)23-9-15(20)19-13-7-11(17)6-12(18)8-13/h2-8H,9H2,1H3,(H,19,20). The Balaban J connectivity index is 1.89. The minimum Gasteiger partial charge on any atom is -0.497 e. The van der Waals surface area contributed by atoms with Gasteiger partial charge < -0.3 is 14.8 Å². The van der Waals surface area contributed by atoms with Gasteiger partial charge in [-0.1, -0.05) is 0 Å². The highest BCUT2D eigenvalue weighted by Gasteiger charge is 2.11. The molecule has 23 heavy (non-hydrogen) atoms. The summed E-state index contributed by atoms with van der Waals surface area (Å²) in [6, 6.07) is 8.71. The summed E-state index contributed by atoms with van der Waals surface area (Å²) < 4.78 is 35.7. The Bertz CT molecular complexity index is 696. The number of ether oxygens (including phenoxy) is 2. The monoisotopic (exact) mass is 321 g/mol. The van der Waals surface area contributed by atoms with Crippen molar-refractivity contribution in [1.29, 1.82) is 0 Å². The van der Waals surface area contributed by atoms with E-state index in [1.807, 2.05) is 0 Å². The molecule has 0 aliphatic carbocycles. The van der Waals surface area contributed by atoms with Gasteiger partial charge in [0.05, 0.1) is 12.7 Å². The number of carbonyl (C=O) groups excluding carboxylic acids is 2. The van der Waals surface area contributed by atoms with Gasteiger partial charge in [0.1, 0.15) is 17.4 Å². The summed E-state index contributed by atoms with van der Waals surface area (Å²) in [7, 11) is 1.49. The number of nitrogens with one attached hydrogen (secondary N) is 1. The van der Waals surface area contributed by atoms with Crippen LogP contribution in [0.5, 0.6) is 5.75 Å². The maximum Gasteiger partial charge on any atom is 0.338 e. The van der Waals surface area contributed by atoms with E-state index >= 15 is 0 Å². The number of halogens is 2. The molecule has 2 aromatic carbocycles. The number of methoxy groups -OCH3 is 1. The molecule has 0 heterocycles. The minimum absolute atomic E-state index is 0.0620. The molecule has 0 aromatic heterocycles. The molecule has 0 saturated heterocycles. The van der Waals surface area contributed by atoms with Gasteiger partial charge in [0.15, 0.2) is 6.61 Å². The van der Waals surface area contributed by atoms with Crippen molar-refractivity contribution in [3.05, 3.63) is 59.7 Å². The lowest BCUT2D eigenvalue weighted by molar-refractivity contribution is -0.119. The lowest BCUT2D eigenvalue weighted by Crippen LogP contribution is -2.21. The van der Waals surface area contributed by atoms with Crippen LogP contribution < -0.4 is 10.1 Å². The largest absolute Gasteiger partial charge is 0.497 e. The molecule has 0 atom stereocenters. The predicted octanol–water partition coefficient (Wildman–Crippen LogP) is 2.77. The Morgan fingerprint density at radius 1 is 1.04 bits per heavy atom. The van der Waals surface area contributed by atoms with Crippen molar-refractivity contribution < 1.29 is 27.8 Å². The van der Waals surface area contributed by atoms with Crippen LogP contribution in [-0.2, 0) is 9.53 Å². The third-order valence-corrected chi connectivity index (χ3v) is 2.81. The van der Waals surface area contributed by atoms with Gasteiger partial charge in [0.2, 0.25) is 0 Å². The highest BCUT2D eigenvalue weighted by Crippen LogP contribution is 2.14. The Hall–Kier alpha value is -2.96. The van der Waals surface area contributed by atoms with Gasteiger partial charge >= 0.3 is 5.97 Å². The molecule has 5 nitrogen and oxygen atoms in total. The Kier molecular flexibility index (Phi) is 5.24. The molecule has 1 amide bonds. The number of hydrogen-bond donors (Lipinski definition) is 1. The quantitative estimate of drug-likeness (QED) is 0.860. The fourth-order valence-corrected chi connectivity index (χ4v) is 1.76. The van der Waals surface area contributed by atoms with Crippen LogP contribution in [0.15, 0.2) is 42.5 Å². The highest BCUT2D eigenvalue weighted by molar-refractivity contribution is 5.95. The van der Waals surface area contributed by atoms with E-state index in [1.165, 1.54) is 19.2 Å². The van der Waals surface area contributed by atoms with Crippen LogP contribution in [0.25, 0.3) is 0 Å². The average Bonchev–Trinajstić information content (AvgIpc) is 2.51. The summed E-state index contributed by atoms with van der Waals surface area (Å²) in [6.07, 6.45) is 0. The van der Waals surface area contributed by atoms with Crippen molar-refractivity contribution in [1.82, 2.24) is 0 Å². The first-order valence-corrected chi connectivity index (χ1v) is 6.55. The number of benzene rings is 2. The van der Waals surface area contributed by atoms with Gasteiger partial charge in [-0.25, -0.2) is 13.6 Å². The molecule has 0 fully saturated rings. The number of esters is 1. The van der Waals surface area contributed by atoms with E-state index in [0.717, 1.165) is 12.1 Å². The van der Waals surface area contributed by atoms with Crippen LogP contribution in [-0.4, -0.2) is 25.6 Å². The first-order chi connectivity index (χ1) is 11.0. The first-order valence-electron chi connectivity index (χ1n) is 6.55. The van der Waals surface area contributed by atoms with Gasteiger partial charge in [-0.15, -0.1) is 0 Å². The molecule has 2 rings (SSSR count). The molecule has 0 bridgehead atoms. The topological polar surface area (TPSA) is 64.6 Å². The second kappa shape index (κ2) is 7.35. The van der Waals surface area contributed by atoms with E-state index in [0.29, 0.717) is 11.8 Å². The first kappa shape index (κ1) is 16.4. The van der Waals surface area contributed by atoms with Gasteiger partial charge in [0, 0.05) is 11.8 Å². The van der Waals surface area contributed by atoms with Crippen molar-refractivity contribution in [3.63, 3.8) is 0 Å². The highest BCUT2D eigenvalue weighted by atomic mass is 19.1. The molecule has 120 valence electrons. The SMILES string of the molecule is COc1ccc(C(=O)OCC(=O)Nc2cc(F)cc(F)c2)cc1. The van der Waals surface area contributed by atoms with Crippen LogP contribution in [0, 0.1) is 11.6 Å². The van der Waals surface area contributed by atoms with Crippen molar-refractivity contribution in [2.24, 2.45) is 0 Å². The van der Waals surface area contributed by atoms with Gasteiger partial charge in [0.25, 0.3) is 5.91 Å². The average molecular weight is 321 g/mol. The predicted molar refractivity (Wildman–Crippen MR) is 78.3 cm³/mol. The number of carbonyl (C=O) groups is 2. The fourth-order valence-electron chi connectivity index (χ4n) is 1.76. The number of hydrogen-bond acceptors (Lipinski definition) is 4. The van der Waals surface area contributed by atoms with Crippen molar-refractivity contribution in [2.75, 3.05) is 19.0 Å². The molecule has 7 heteroatoms. The van der Waals surface area contributed by atoms with Crippen LogP contribution in [0.3, 0.4) is 0 Å². The third kappa shape index (κ3) is 4.77. The molecule has 0 aliphatic heterocycles. The number of amides is 1. The zero-order chi connectivity index (χ0) is 16.8. The molecule has 0 radical (unpaired) electrons. The minimum atomic E-state index is -0.824. The van der Waals surface area contributed by atoms with Crippen LogP contribution >= 0.6 is 0 Å². The molecule has 0 spiro atoms. The smallest absolute Gasteiger partial charge is 0.338 e. The third-order valence-electron chi connectivity index (χ3n) is 2.81. The zero-order valence-corrected chi connectivity index (χ0v) is 12.1. The molecular weight excluding hydrogens is 308 g/mol. The molecule has 1 N–H and O–H groups in total. The summed E-state index contributed by atoms with van der Waals surface area (Å²) in [6.45, 7) is -0.580. The Morgan fingerprint density at radius 2 is 1.65 bits per heavy atom. The van der Waals surface area contributed by atoms with Crippen molar-refractivity contribution in [2.45, 2.75) is 0 Å². The molecule has 0 saturated carbocycles. The van der Waals surface area contributed by atoms with Crippen LogP contribution in [0.2, 0.25) is 0 Å². The number of anilines is 1. The van der Waals surface area contributed by atoms with Crippen molar-refractivity contribution in [3.8, 4) is 5.75 Å². The molecule has 2 aromatic rings. The molecule has 0 unspecified atom stereocenters. The van der Waals surface area contributed by atoms with E-state index in [9.17, 15) is 18.4 Å². The molecule has 0 aliphatic rings. The van der Waals surface area contributed by atoms with Gasteiger partial charge in [-0.3, -0.25) is 4.79 Å². The molecular formula is C16H13F2NO4. The maximum atomic E-state index is 13.0. The second-order valence-corrected chi connectivity index (χ2v) is 4.51. The zero-order valence-electron chi connectivity index (χ0n) is 12.1. The van der Waals surface area contributed by atoms with E-state index in [2.05, 4.69) is 5.32 Å². The second-order valence-electron chi connectivity index (χ2n) is 4.51. The van der Waals surface area contributed by atoms with Crippen LogP contribution in [0.1, 0.15) is 10.4 Å². The van der Waals surface area contributed by atoms with E-state index in [-0.39, 0.29) is 11.3 Å². The van der Waals surface area contributed by atoms with E-state index < -0.39 is 30.1 Å². The normalized spacial score (nSPS) is 10.0. The lowest BCUT2D eigenvalue weighted by atomic mass is 10.2. The van der Waals surface area contributed by atoms with E-state index in [4.69, 9.17) is 9.47 Å². The van der Waals surface area contributed by atoms with E-state index in [1.54, 1.807) is 12.1 Å². The summed E-state index contributed by atoms with van der Waals surface area (Å²) in [5.41, 5.74) is 0.184. The Morgan fingerprint density at radius 3 is 2.22 bits per heavy atom. The van der Waals surface area contributed by atoms with Crippen molar-refractivity contribution >= 4 is 17.6 Å². The summed E-state index contributed by atoms with van der Waals surface area (Å²) >= 11 is 0. The maximum absolute atomic E-state index is 13.0. The van der Waals surface area contributed by atoms with Crippen LogP contribution in [0.4, 0.5) is 14.5 Å². The summed E-state index contributed by atoms with van der Waals surface area (Å²) in [5.74, 6) is -2.48. The lowest BCUT2D eigenvalue weighted by Gasteiger charge is -2.07. The number of rotatable bonds is 5. The summed E-state index contributed by atoms with van der Waals surface area (Å²) in [5, 5.41) is 2.23. The Labute approximate surface area is 130 Å².